The number of ether oxygens (including phenoxy) is 1. The summed E-state index contributed by atoms with van der Waals surface area (Å²) in [6.45, 7) is 2.61. The topological polar surface area (TPSA) is 95.9 Å². The number of nitrogens with zero attached hydrogens (tertiary/aromatic N) is 1. The SMILES string of the molecule is CCOC(=O)C(CCc1ccccc1)NC1CSC(c2ccsc2)CN(CCC(=O)O)C1=O. The van der Waals surface area contributed by atoms with E-state index in [2.05, 4.69) is 10.7 Å². The third-order valence-corrected chi connectivity index (χ3v) is 7.56. The van der Waals surface area contributed by atoms with Crippen LogP contribution in [0.25, 0.3) is 0 Å². The van der Waals surface area contributed by atoms with Crippen molar-refractivity contribution in [3.8, 4) is 0 Å². The number of hydrogen-bond donors (Lipinski definition) is 2. The van der Waals surface area contributed by atoms with E-state index in [4.69, 9.17) is 9.84 Å². The van der Waals surface area contributed by atoms with Crippen molar-refractivity contribution in [2.45, 2.75) is 43.5 Å². The van der Waals surface area contributed by atoms with E-state index >= 15 is 0 Å². The molecule has 0 saturated carbocycles. The lowest BCUT2D eigenvalue weighted by atomic mass is 10.0. The van der Waals surface area contributed by atoms with Crippen LogP contribution < -0.4 is 5.32 Å². The molecule has 2 aromatic rings. The maximum atomic E-state index is 13.4. The maximum absolute atomic E-state index is 13.4. The van der Waals surface area contributed by atoms with Gasteiger partial charge in [-0.15, -0.1) is 11.8 Å². The van der Waals surface area contributed by atoms with Crippen LogP contribution in [0.2, 0.25) is 0 Å². The van der Waals surface area contributed by atoms with E-state index in [1.807, 2.05) is 41.8 Å². The summed E-state index contributed by atoms with van der Waals surface area (Å²) in [4.78, 5) is 38.8. The van der Waals surface area contributed by atoms with Gasteiger partial charge in [-0.05, 0) is 47.7 Å². The second-order valence-corrected chi connectivity index (χ2v) is 9.87. The number of esters is 1. The van der Waals surface area contributed by atoms with Crippen LogP contribution in [0, 0.1) is 0 Å². The number of benzene rings is 1. The number of carboxylic acid groups (broad SMARTS) is 1. The second-order valence-electron chi connectivity index (χ2n) is 7.85. The molecule has 178 valence electrons. The molecule has 7 nitrogen and oxygen atoms in total. The summed E-state index contributed by atoms with van der Waals surface area (Å²) >= 11 is 3.25. The molecule has 1 aromatic heterocycles. The lowest BCUT2D eigenvalue weighted by Gasteiger charge is -2.27. The predicted octanol–water partition coefficient (Wildman–Crippen LogP) is 3.36. The number of rotatable bonds is 11. The van der Waals surface area contributed by atoms with Gasteiger partial charge in [0.15, 0.2) is 0 Å². The summed E-state index contributed by atoms with van der Waals surface area (Å²) in [7, 11) is 0. The molecule has 1 aliphatic heterocycles. The second kappa shape index (κ2) is 12.8. The Morgan fingerprint density at radius 2 is 2.06 bits per heavy atom. The predicted molar refractivity (Wildman–Crippen MR) is 130 cm³/mol. The first-order valence-electron chi connectivity index (χ1n) is 11.1. The Morgan fingerprint density at radius 3 is 2.73 bits per heavy atom. The first-order chi connectivity index (χ1) is 16.0. The lowest BCUT2D eigenvalue weighted by molar-refractivity contribution is -0.146. The number of amides is 1. The maximum Gasteiger partial charge on any atom is 0.323 e. The monoisotopic (exact) mass is 490 g/mol. The van der Waals surface area contributed by atoms with Crippen LogP contribution in [0.5, 0.6) is 0 Å². The molecule has 3 unspecified atom stereocenters. The number of carbonyl (C=O) groups excluding carboxylic acids is 2. The first kappa shape index (κ1) is 25.3. The van der Waals surface area contributed by atoms with Crippen molar-refractivity contribution in [3.63, 3.8) is 0 Å². The number of thioether (sulfide) groups is 1. The molecule has 1 aromatic carbocycles. The van der Waals surface area contributed by atoms with E-state index in [0.717, 1.165) is 11.1 Å². The molecule has 1 fully saturated rings. The average molecular weight is 491 g/mol. The molecule has 0 radical (unpaired) electrons. The number of carbonyl (C=O) groups is 3. The highest BCUT2D eigenvalue weighted by molar-refractivity contribution is 7.99. The van der Waals surface area contributed by atoms with Gasteiger partial charge in [-0.1, -0.05) is 30.3 Å². The Bertz CT molecular complexity index is 907. The van der Waals surface area contributed by atoms with Gasteiger partial charge in [-0.2, -0.15) is 11.3 Å². The third kappa shape index (κ3) is 7.58. The van der Waals surface area contributed by atoms with Gasteiger partial charge in [-0.25, -0.2) is 0 Å². The van der Waals surface area contributed by atoms with Gasteiger partial charge in [0.2, 0.25) is 5.91 Å². The number of nitrogens with one attached hydrogen (secondary N) is 1. The fourth-order valence-electron chi connectivity index (χ4n) is 3.77. The van der Waals surface area contributed by atoms with Crippen molar-refractivity contribution in [2.24, 2.45) is 0 Å². The largest absolute Gasteiger partial charge is 0.481 e. The zero-order valence-electron chi connectivity index (χ0n) is 18.6. The van der Waals surface area contributed by atoms with Crippen molar-refractivity contribution >= 4 is 40.9 Å². The smallest absolute Gasteiger partial charge is 0.323 e. The fourth-order valence-corrected chi connectivity index (χ4v) is 5.86. The van der Waals surface area contributed by atoms with Gasteiger partial charge in [0.05, 0.1) is 19.1 Å². The van der Waals surface area contributed by atoms with Gasteiger partial charge < -0.3 is 14.7 Å². The van der Waals surface area contributed by atoms with Gasteiger partial charge in [-0.3, -0.25) is 19.7 Å². The quantitative estimate of drug-likeness (QED) is 0.466. The zero-order valence-corrected chi connectivity index (χ0v) is 20.3. The average Bonchev–Trinajstić information content (AvgIpc) is 3.30. The Balaban J connectivity index is 1.75. The van der Waals surface area contributed by atoms with E-state index < -0.39 is 18.1 Å². The molecule has 2 heterocycles. The molecule has 3 atom stereocenters. The Morgan fingerprint density at radius 1 is 1.27 bits per heavy atom. The van der Waals surface area contributed by atoms with Crippen molar-refractivity contribution in [2.75, 3.05) is 25.4 Å². The molecule has 2 N–H and O–H groups in total. The summed E-state index contributed by atoms with van der Waals surface area (Å²) in [6.07, 6.45) is 1.06. The zero-order chi connectivity index (χ0) is 23.6. The summed E-state index contributed by atoms with van der Waals surface area (Å²) in [5.41, 5.74) is 2.24. The number of carboxylic acids is 1. The van der Waals surface area contributed by atoms with Crippen molar-refractivity contribution in [1.82, 2.24) is 10.2 Å². The van der Waals surface area contributed by atoms with E-state index in [1.54, 1.807) is 34.9 Å². The molecule has 33 heavy (non-hydrogen) atoms. The summed E-state index contributed by atoms with van der Waals surface area (Å²) < 4.78 is 5.28. The minimum absolute atomic E-state index is 0.0613. The first-order valence-corrected chi connectivity index (χ1v) is 13.1. The van der Waals surface area contributed by atoms with E-state index in [-0.39, 0.29) is 36.7 Å². The molecule has 0 spiro atoms. The highest BCUT2D eigenvalue weighted by atomic mass is 32.2. The molecule has 1 amide bonds. The van der Waals surface area contributed by atoms with Gasteiger partial charge in [0.1, 0.15) is 6.04 Å². The van der Waals surface area contributed by atoms with Gasteiger partial charge >= 0.3 is 11.9 Å². The minimum Gasteiger partial charge on any atom is -0.481 e. The molecule has 9 heteroatoms. The number of thiophene rings is 1. The van der Waals surface area contributed by atoms with Crippen molar-refractivity contribution in [1.29, 1.82) is 0 Å². The third-order valence-electron chi connectivity index (χ3n) is 5.51. The van der Waals surface area contributed by atoms with Crippen LogP contribution in [-0.4, -0.2) is 65.4 Å². The molecule has 1 saturated heterocycles. The van der Waals surface area contributed by atoms with Crippen molar-refractivity contribution in [3.05, 3.63) is 58.3 Å². The van der Waals surface area contributed by atoms with Crippen LogP contribution in [0.4, 0.5) is 0 Å². The van der Waals surface area contributed by atoms with Gasteiger partial charge in [0, 0.05) is 24.1 Å². The molecule has 3 rings (SSSR count). The Kier molecular flexibility index (Phi) is 9.77. The van der Waals surface area contributed by atoms with Gasteiger partial charge in [0.25, 0.3) is 0 Å². The normalized spacial score (nSPS) is 19.7. The standard InChI is InChI=1S/C24H30N2O5S2/c1-2-31-24(30)19(9-8-17-6-4-3-5-7-17)25-20-16-33-21(18-11-13-32-15-18)14-26(23(20)29)12-10-22(27)28/h3-7,11,13,15,19-21,25H,2,8-10,12,14,16H2,1H3,(H,27,28). The highest BCUT2D eigenvalue weighted by Crippen LogP contribution is 2.34. The van der Waals surface area contributed by atoms with E-state index in [9.17, 15) is 14.4 Å². The van der Waals surface area contributed by atoms with Crippen LogP contribution in [0.15, 0.2) is 47.2 Å². The molecular weight excluding hydrogens is 460 g/mol. The van der Waals surface area contributed by atoms with E-state index in [0.29, 0.717) is 25.1 Å². The highest BCUT2D eigenvalue weighted by Gasteiger charge is 2.35. The molecule has 0 aliphatic carbocycles. The number of hydrogen-bond acceptors (Lipinski definition) is 7. The van der Waals surface area contributed by atoms with E-state index in [1.165, 1.54) is 0 Å². The molecule has 1 aliphatic rings. The minimum atomic E-state index is -0.941. The Labute approximate surface area is 202 Å². The van der Waals surface area contributed by atoms with Crippen molar-refractivity contribution < 1.29 is 24.2 Å². The summed E-state index contributed by atoms with van der Waals surface area (Å²) in [5.74, 6) is -0.995. The fraction of sp³-hybridized carbons (Fsp3) is 0.458. The molecular formula is C24H30N2O5S2. The number of aliphatic carboxylic acids is 1. The van der Waals surface area contributed by atoms with Crippen LogP contribution in [0.1, 0.15) is 36.1 Å². The molecule has 0 bridgehead atoms. The summed E-state index contributed by atoms with van der Waals surface area (Å²) in [5, 5.41) is 16.5. The van der Waals surface area contributed by atoms with Crippen LogP contribution in [-0.2, 0) is 25.5 Å². The Hall–Kier alpha value is -2.36. The number of aryl methyl sites for hydroxylation is 1. The van der Waals surface area contributed by atoms with Crippen LogP contribution >= 0.6 is 23.1 Å². The lowest BCUT2D eigenvalue weighted by Crippen LogP contribution is -2.53. The summed E-state index contributed by atoms with van der Waals surface area (Å²) in [6, 6.07) is 10.7. The van der Waals surface area contributed by atoms with Crippen LogP contribution in [0.3, 0.4) is 0 Å².